The van der Waals surface area contributed by atoms with Gasteiger partial charge in [0.15, 0.2) is 0 Å². The molecule has 0 saturated carbocycles. The molecule has 2 fully saturated rings. The monoisotopic (exact) mass is 376 g/mol. The molecule has 150 valence electrons. The third kappa shape index (κ3) is 5.22. The minimum Gasteiger partial charge on any atom is -0.349 e. The van der Waals surface area contributed by atoms with Crippen molar-refractivity contribution in [2.75, 3.05) is 32.7 Å². The molecule has 3 rings (SSSR count). The molecule has 2 saturated heterocycles. The smallest absolute Gasteiger partial charge is 0.317 e. The van der Waals surface area contributed by atoms with Gasteiger partial charge in [-0.25, -0.2) is 4.79 Å². The Balaban J connectivity index is 1.39. The number of hydrogen-bond donors (Lipinski definition) is 2. The van der Waals surface area contributed by atoms with Crippen molar-refractivity contribution >= 4 is 11.9 Å². The maximum Gasteiger partial charge on any atom is 0.317 e. The highest BCUT2D eigenvalue weighted by Crippen LogP contribution is 2.16. The lowest BCUT2D eigenvalue weighted by Crippen LogP contribution is -2.52. The molecule has 3 amide bonds. The largest absolute Gasteiger partial charge is 0.349 e. The summed E-state index contributed by atoms with van der Waals surface area (Å²) in [7, 11) is 1.79. The molecule has 8 heteroatoms. The third-order valence-electron chi connectivity index (χ3n) is 5.73. The van der Waals surface area contributed by atoms with Gasteiger partial charge >= 0.3 is 6.03 Å². The van der Waals surface area contributed by atoms with E-state index in [4.69, 9.17) is 0 Å². The van der Waals surface area contributed by atoms with Crippen LogP contribution in [-0.2, 0) is 7.05 Å². The van der Waals surface area contributed by atoms with E-state index in [1.54, 1.807) is 24.1 Å². The van der Waals surface area contributed by atoms with Crippen LogP contribution in [0.2, 0.25) is 0 Å². The van der Waals surface area contributed by atoms with Crippen molar-refractivity contribution in [1.29, 1.82) is 0 Å². The standard InChI is InChI=1S/C19H32N6O2/c1-3-24-9-5-4-6-17(24)13-20-19(27)25-10-7-16(8-11-25)22-18(26)15-12-21-23(2)14-15/h12,14,16-17H,3-11,13H2,1-2H3,(H,20,27)(H,22,26)/t17-/m1/s1. The Hall–Kier alpha value is -2.09. The van der Waals surface area contributed by atoms with Crippen LogP contribution < -0.4 is 10.6 Å². The Morgan fingerprint density at radius 2 is 1.96 bits per heavy atom. The first-order chi connectivity index (χ1) is 13.1. The van der Waals surface area contributed by atoms with Crippen molar-refractivity contribution in [3.8, 4) is 0 Å². The molecule has 3 heterocycles. The number of amides is 3. The molecule has 2 aliphatic rings. The van der Waals surface area contributed by atoms with Crippen LogP contribution in [0.25, 0.3) is 0 Å². The van der Waals surface area contributed by atoms with Gasteiger partial charge < -0.3 is 15.5 Å². The van der Waals surface area contributed by atoms with Gasteiger partial charge in [-0.1, -0.05) is 13.3 Å². The molecule has 0 bridgehead atoms. The molecule has 1 aromatic rings. The molecule has 8 nitrogen and oxygen atoms in total. The molecular formula is C19H32N6O2. The van der Waals surface area contributed by atoms with Crippen LogP contribution in [0.5, 0.6) is 0 Å². The summed E-state index contributed by atoms with van der Waals surface area (Å²) in [5.41, 5.74) is 0.575. The van der Waals surface area contributed by atoms with Crippen LogP contribution in [-0.4, -0.2) is 76.3 Å². The van der Waals surface area contributed by atoms with Crippen molar-refractivity contribution in [2.45, 2.75) is 51.1 Å². The van der Waals surface area contributed by atoms with Gasteiger partial charge in [0.2, 0.25) is 0 Å². The van der Waals surface area contributed by atoms with Crippen molar-refractivity contribution in [3.63, 3.8) is 0 Å². The number of aryl methyl sites for hydroxylation is 1. The Kier molecular flexibility index (Phi) is 6.71. The van der Waals surface area contributed by atoms with Crippen LogP contribution >= 0.6 is 0 Å². The molecule has 1 atom stereocenters. The van der Waals surface area contributed by atoms with Crippen molar-refractivity contribution in [3.05, 3.63) is 18.0 Å². The SMILES string of the molecule is CCN1CCCC[C@@H]1CNC(=O)N1CCC(NC(=O)c2cnn(C)c2)CC1. The number of urea groups is 1. The zero-order chi connectivity index (χ0) is 19.2. The van der Waals surface area contributed by atoms with Crippen LogP contribution in [0, 0.1) is 0 Å². The van der Waals surface area contributed by atoms with E-state index in [2.05, 4.69) is 27.6 Å². The number of aromatic nitrogens is 2. The molecule has 1 aromatic heterocycles. The van der Waals surface area contributed by atoms with Crippen molar-refractivity contribution in [2.24, 2.45) is 7.05 Å². The van der Waals surface area contributed by atoms with E-state index < -0.39 is 0 Å². The first kappa shape index (κ1) is 19.7. The molecule has 2 N–H and O–H groups in total. The van der Waals surface area contributed by atoms with Crippen LogP contribution in [0.15, 0.2) is 12.4 Å². The van der Waals surface area contributed by atoms with Crippen LogP contribution in [0.4, 0.5) is 4.79 Å². The first-order valence-electron chi connectivity index (χ1n) is 10.1. The molecule has 27 heavy (non-hydrogen) atoms. The highest BCUT2D eigenvalue weighted by molar-refractivity contribution is 5.93. The predicted molar refractivity (Wildman–Crippen MR) is 104 cm³/mol. The number of carbonyl (C=O) groups excluding carboxylic acids is 2. The van der Waals surface area contributed by atoms with Gasteiger partial charge in [0.25, 0.3) is 5.91 Å². The summed E-state index contributed by atoms with van der Waals surface area (Å²) < 4.78 is 1.62. The minimum absolute atomic E-state index is 0.0219. The Labute approximate surface area is 161 Å². The van der Waals surface area contributed by atoms with Gasteiger partial charge in [0, 0.05) is 45.0 Å². The fourth-order valence-corrected chi connectivity index (χ4v) is 4.06. The van der Waals surface area contributed by atoms with E-state index in [1.807, 2.05) is 4.90 Å². The Morgan fingerprint density at radius 3 is 2.63 bits per heavy atom. The number of rotatable bonds is 5. The lowest BCUT2D eigenvalue weighted by Gasteiger charge is -2.36. The van der Waals surface area contributed by atoms with Crippen LogP contribution in [0.1, 0.15) is 49.4 Å². The van der Waals surface area contributed by atoms with Crippen LogP contribution in [0.3, 0.4) is 0 Å². The second kappa shape index (κ2) is 9.21. The van der Waals surface area contributed by atoms with E-state index in [1.165, 1.54) is 12.8 Å². The number of hydrogen-bond acceptors (Lipinski definition) is 4. The summed E-state index contributed by atoms with van der Waals surface area (Å²) in [5.74, 6) is -0.0945. The molecule has 2 aliphatic heterocycles. The predicted octanol–water partition coefficient (Wildman–Crippen LogP) is 1.20. The third-order valence-corrected chi connectivity index (χ3v) is 5.73. The van der Waals surface area contributed by atoms with Gasteiger partial charge in [-0.2, -0.15) is 5.10 Å². The maximum atomic E-state index is 12.5. The zero-order valence-corrected chi connectivity index (χ0v) is 16.5. The van der Waals surface area contributed by atoms with E-state index in [0.29, 0.717) is 24.7 Å². The highest BCUT2D eigenvalue weighted by atomic mass is 16.2. The lowest BCUT2D eigenvalue weighted by molar-refractivity contribution is 0.0917. The molecule has 0 unspecified atom stereocenters. The minimum atomic E-state index is -0.0945. The molecule has 0 aliphatic carbocycles. The van der Waals surface area contributed by atoms with Gasteiger partial charge in [-0.3, -0.25) is 14.4 Å². The zero-order valence-electron chi connectivity index (χ0n) is 16.5. The number of nitrogens with one attached hydrogen (secondary N) is 2. The van der Waals surface area contributed by atoms with E-state index in [0.717, 1.165) is 38.9 Å². The first-order valence-corrected chi connectivity index (χ1v) is 10.1. The van der Waals surface area contributed by atoms with Crippen molar-refractivity contribution < 1.29 is 9.59 Å². The molecule has 0 aromatic carbocycles. The maximum absolute atomic E-state index is 12.5. The average molecular weight is 377 g/mol. The normalized spacial score (nSPS) is 21.9. The number of piperidine rings is 2. The Bertz CT molecular complexity index is 638. The fourth-order valence-electron chi connectivity index (χ4n) is 4.06. The summed E-state index contributed by atoms with van der Waals surface area (Å²) >= 11 is 0. The number of likely N-dealkylation sites (tertiary alicyclic amines) is 2. The second-order valence-corrected chi connectivity index (χ2v) is 7.60. The average Bonchev–Trinajstić information content (AvgIpc) is 3.13. The summed E-state index contributed by atoms with van der Waals surface area (Å²) in [6.45, 7) is 6.44. The summed E-state index contributed by atoms with van der Waals surface area (Å²) in [4.78, 5) is 29.0. The highest BCUT2D eigenvalue weighted by Gasteiger charge is 2.26. The quantitative estimate of drug-likeness (QED) is 0.809. The van der Waals surface area contributed by atoms with Gasteiger partial charge in [-0.05, 0) is 38.8 Å². The summed E-state index contributed by atoms with van der Waals surface area (Å²) in [6, 6.07) is 0.591. The topological polar surface area (TPSA) is 82.5 Å². The Morgan fingerprint density at radius 1 is 1.19 bits per heavy atom. The van der Waals surface area contributed by atoms with E-state index in [9.17, 15) is 9.59 Å². The fraction of sp³-hybridized carbons (Fsp3) is 0.737. The summed E-state index contributed by atoms with van der Waals surface area (Å²) in [6.07, 6.45) is 8.52. The molecular weight excluding hydrogens is 344 g/mol. The number of carbonyl (C=O) groups is 2. The summed E-state index contributed by atoms with van der Waals surface area (Å²) in [5, 5.41) is 10.2. The molecule has 0 radical (unpaired) electrons. The second-order valence-electron chi connectivity index (χ2n) is 7.60. The van der Waals surface area contributed by atoms with E-state index >= 15 is 0 Å². The van der Waals surface area contributed by atoms with Gasteiger partial charge in [-0.15, -0.1) is 0 Å². The molecule has 0 spiro atoms. The van der Waals surface area contributed by atoms with Gasteiger partial charge in [0.1, 0.15) is 0 Å². The van der Waals surface area contributed by atoms with Crippen molar-refractivity contribution in [1.82, 2.24) is 30.2 Å². The van der Waals surface area contributed by atoms with E-state index in [-0.39, 0.29) is 18.0 Å². The van der Waals surface area contributed by atoms with Gasteiger partial charge in [0.05, 0.1) is 11.8 Å². The number of likely N-dealkylation sites (N-methyl/N-ethyl adjacent to an activating group) is 1. The number of nitrogens with zero attached hydrogens (tertiary/aromatic N) is 4. The lowest BCUT2D eigenvalue weighted by atomic mass is 10.0.